The van der Waals surface area contributed by atoms with E-state index in [-0.39, 0.29) is 12.5 Å². The van der Waals surface area contributed by atoms with Gasteiger partial charge in [-0.05, 0) is 43.3 Å². The number of anilines is 2. The van der Waals surface area contributed by atoms with Crippen LogP contribution in [-0.2, 0) is 14.4 Å². The number of aryl methyl sites for hydroxylation is 1. The molecule has 9 heteroatoms. The summed E-state index contributed by atoms with van der Waals surface area (Å²) in [7, 11) is 0. The molecule has 142 valence electrons. The summed E-state index contributed by atoms with van der Waals surface area (Å²) in [6, 6.07) is 11.8. The third kappa shape index (κ3) is 3.22. The number of fused-ring (bicyclic) bond motifs is 1. The molecule has 8 nitrogen and oxygen atoms in total. The Hall–Kier alpha value is -3.26. The molecule has 2 aromatic rings. The van der Waals surface area contributed by atoms with Crippen molar-refractivity contribution in [3.8, 4) is 0 Å². The highest BCUT2D eigenvalue weighted by molar-refractivity contribution is 6.31. The minimum atomic E-state index is -0.949. The zero-order valence-electron chi connectivity index (χ0n) is 14.9. The molecule has 0 bridgehead atoms. The molecule has 4 rings (SSSR count). The van der Waals surface area contributed by atoms with Crippen LogP contribution in [0.5, 0.6) is 0 Å². The third-order valence-corrected chi connectivity index (χ3v) is 4.84. The van der Waals surface area contributed by atoms with Crippen molar-refractivity contribution in [1.82, 2.24) is 5.01 Å². The van der Waals surface area contributed by atoms with Crippen molar-refractivity contribution in [3.63, 3.8) is 0 Å². The van der Waals surface area contributed by atoms with Crippen LogP contribution >= 0.6 is 11.6 Å². The highest BCUT2D eigenvalue weighted by Gasteiger charge is 2.55. The molecule has 0 unspecified atom stereocenters. The Balaban J connectivity index is 1.48. The van der Waals surface area contributed by atoms with Gasteiger partial charge < -0.3 is 5.32 Å². The Labute approximate surface area is 165 Å². The fourth-order valence-electron chi connectivity index (χ4n) is 3.18. The Morgan fingerprint density at radius 1 is 1.07 bits per heavy atom. The van der Waals surface area contributed by atoms with Crippen molar-refractivity contribution in [3.05, 3.63) is 59.1 Å². The van der Waals surface area contributed by atoms with Gasteiger partial charge >= 0.3 is 0 Å². The van der Waals surface area contributed by atoms with Gasteiger partial charge in [-0.25, -0.2) is 4.90 Å². The Kier molecular flexibility index (Phi) is 4.56. The molecule has 2 aliphatic heterocycles. The zero-order valence-corrected chi connectivity index (χ0v) is 15.6. The van der Waals surface area contributed by atoms with Crippen LogP contribution in [0.3, 0.4) is 0 Å². The van der Waals surface area contributed by atoms with E-state index >= 15 is 0 Å². The fraction of sp³-hybridized carbons (Fsp3) is 0.211. The normalized spacial score (nSPS) is 20.6. The van der Waals surface area contributed by atoms with Gasteiger partial charge in [0.25, 0.3) is 11.8 Å². The van der Waals surface area contributed by atoms with Crippen LogP contribution in [0.1, 0.15) is 5.56 Å². The number of carbonyl (C=O) groups is 3. The van der Waals surface area contributed by atoms with Crippen LogP contribution in [0.2, 0.25) is 5.02 Å². The average Bonchev–Trinajstić information content (AvgIpc) is 3.18. The van der Waals surface area contributed by atoms with E-state index in [9.17, 15) is 14.4 Å². The molecule has 2 atom stereocenters. The van der Waals surface area contributed by atoms with E-state index in [1.807, 2.05) is 19.1 Å². The summed E-state index contributed by atoms with van der Waals surface area (Å²) in [5, 5.41) is 12.3. The Bertz CT molecular complexity index is 974. The van der Waals surface area contributed by atoms with Crippen LogP contribution < -0.4 is 10.2 Å². The van der Waals surface area contributed by atoms with E-state index in [1.165, 1.54) is 5.01 Å². The van der Waals surface area contributed by atoms with Gasteiger partial charge in [-0.15, -0.1) is 0 Å². The lowest BCUT2D eigenvalue weighted by Crippen LogP contribution is -2.43. The van der Waals surface area contributed by atoms with Crippen molar-refractivity contribution in [2.45, 2.75) is 19.0 Å². The zero-order chi connectivity index (χ0) is 19.8. The number of nitrogens with one attached hydrogen (secondary N) is 1. The summed E-state index contributed by atoms with van der Waals surface area (Å²) >= 11 is 5.87. The molecule has 0 spiro atoms. The van der Waals surface area contributed by atoms with E-state index in [0.717, 1.165) is 10.5 Å². The van der Waals surface area contributed by atoms with E-state index in [2.05, 4.69) is 15.7 Å². The molecule has 3 amide bonds. The maximum absolute atomic E-state index is 12.8. The van der Waals surface area contributed by atoms with E-state index < -0.39 is 23.9 Å². The highest BCUT2D eigenvalue weighted by Crippen LogP contribution is 2.32. The molecule has 0 aromatic heterocycles. The molecule has 2 aliphatic rings. The number of benzene rings is 2. The van der Waals surface area contributed by atoms with Gasteiger partial charge in [0, 0.05) is 10.7 Å². The van der Waals surface area contributed by atoms with Crippen LogP contribution in [0.15, 0.2) is 58.9 Å². The first-order valence-corrected chi connectivity index (χ1v) is 8.99. The van der Waals surface area contributed by atoms with Gasteiger partial charge in [-0.1, -0.05) is 34.5 Å². The highest BCUT2D eigenvalue weighted by atomic mass is 35.5. The largest absolute Gasteiger partial charge is 0.324 e. The van der Waals surface area contributed by atoms with Crippen LogP contribution in [-0.4, -0.2) is 41.4 Å². The summed E-state index contributed by atoms with van der Waals surface area (Å²) in [5.74, 6) is -1.29. The lowest BCUT2D eigenvalue weighted by Gasteiger charge is -2.20. The third-order valence-electron chi connectivity index (χ3n) is 4.58. The van der Waals surface area contributed by atoms with Crippen LogP contribution in [0, 0.1) is 6.92 Å². The molecule has 2 heterocycles. The van der Waals surface area contributed by atoms with Crippen molar-refractivity contribution in [2.75, 3.05) is 16.8 Å². The predicted octanol–water partition coefficient (Wildman–Crippen LogP) is 2.58. The molecule has 1 N–H and O–H groups in total. The molecule has 0 radical (unpaired) electrons. The number of carbonyl (C=O) groups excluding carboxylic acids is 3. The van der Waals surface area contributed by atoms with E-state index in [1.54, 1.807) is 36.4 Å². The number of imide groups is 1. The van der Waals surface area contributed by atoms with E-state index in [0.29, 0.717) is 16.4 Å². The summed E-state index contributed by atoms with van der Waals surface area (Å²) in [6.07, 6.45) is 0. The summed E-state index contributed by atoms with van der Waals surface area (Å²) in [5.41, 5.74) is 2.12. The fourth-order valence-corrected chi connectivity index (χ4v) is 3.31. The number of amides is 3. The van der Waals surface area contributed by atoms with Crippen LogP contribution in [0.4, 0.5) is 11.4 Å². The Morgan fingerprint density at radius 3 is 2.43 bits per heavy atom. The molecule has 28 heavy (non-hydrogen) atoms. The molecule has 0 aliphatic carbocycles. The summed E-state index contributed by atoms with van der Waals surface area (Å²) < 4.78 is 0. The minimum absolute atomic E-state index is 0.188. The van der Waals surface area contributed by atoms with Crippen molar-refractivity contribution < 1.29 is 14.4 Å². The van der Waals surface area contributed by atoms with Crippen LogP contribution in [0.25, 0.3) is 0 Å². The molecular weight excluding hydrogens is 382 g/mol. The van der Waals surface area contributed by atoms with Gasteiger partial charge in [0.05, 0.1) is 5.69 Å². The number of rotatable bonds is 4. The summed E-state index contributed by atoms with van der Waals surface area (Å²) in [6.45, 7) is 1.76. The van der Waals surface area contributed by atoms with Gasteiger partial charge in [0.1, 0.15) is 6.54 Å². The number of nitrogens with zero attached hydrogens (tertiary/aromatic N) is 4. The maximum atomic E-state index is 12.8. The predicted molar refractivity (Wildman–Crippen MR) is 103 cm³/mol. The molecular formula is C19H16ClN5O3. The van der Waals surface area contributed by atoms with Crippen molar-refractivity contribution >= 4 is 40.7 Å². The topological polar surface area (TPSA) is 94.4 Å². The first-order chi connectivity index (χ1) is 13.4. The number of halogens is 1. The lowest BCUT2D eigenvalue weighted by atomic mass is 10.1. The molecule has 0 saturated carbocycles. The standard InChI is InChI=1S/C19H16ClN5O3/c1-11-2-6-13(7-3-11)21-15(26)10-24-17-16(22-23-24)18(27)25(19(17)28)14-8-4-12(20)5-9-14/h2-9,16-17H,10H2,1H3,(H,21,26)/t16-,17+/m0/s1. The lowest BCUT2D eigenvalue weighted by molar-refractivity contribution is -0.123. The van der Waals surface area contributed by atoms with Gasteiger partial charge in [0.15, 0.2) is 12.1 Å². The molecule has 1 fully saturated rings. The van der Waals surface area contributed by atoms with Gasteiger partial charge in [-0.2, -0.15) is 5.11 Å². The SMILES string of the molecule is Cc1ccc(NC(=O)CN2N=N[C@@H]3C(=O)N(c4ccc(Cl)cc4)C(=O)[C@@H]32)cc1. The molecule has 2 aromatic carbocycles. The number of hydrogen-bond donors (Lipinski definition) is 1. The second-order valence-electron chi connectivity index (χ2n) is 6.59. The number of hydrogen-bond acceptors (Lipinski definition) is 6. The average molecular weight is 398 g/mol. The second kappa shape index (κ2) is 7.05. The molecule has 1 saturated heterocycles. The first kappa shape index (κ1) is 18.1. The van der Waals surface area contributed by atoms with Gasteiger partial charge in [-0.3, -0.25) is 19.4 Å². The quantitative estimate of drug-likeness (QED) is 0.802. The Morgan fingerprint density at radius 2 is 1.75 bits per heavy atom. The van der Waals surface area contributed by atoms with Gasteiger partial charge in [0.2, 0.25) is 5.91 Å². The monoisotopic (exact) mass is 397 g/mol. The second-order valence-corrected chi connectivity index (χ2v) is 7.03. The van der Waals surface area contributed by atoms with E-state index in [4.69, 9.17) is 11.6 Å². The smallest absolute Gasteiger partial charge is 0.263 e. The van der Waals surface area contributed by atoms with Crippen molar-refractivity contribution in [1.29, 1.82) is 0 Å². The van der Waals surface area contributed by atoms with Crippen molar-refractivity contribution in [2.24, 2.45) is 10.3 Å². The maximum Gasteiger partial charge on any atom is 0.263 e. The minimum Gasteiger partial charge on any atom is -0.324 e. The summed E-state index contributed by atoms with van der Waals surface area (Å²) in [4.78, 5) is 38.9. The first-order valence-electron chi connectivity index (χ1n) is 8.61.